The second-order valence-electron chi connectivity index (χ2n) is 7.93. The second-order valence-corrected chi connectivity index (χ2v) is 7.93. The average Bonchev–Trinajstić information content (AvgIpc) is 2.84. The maximum absolute atomic E-state index is 12.8. The smallest absolute Gasteiger partial charge is 0.278 e. The number of amides is 1. The van der Waals surface area contributed by atoms with Crippen molar-refractivity contribution in [3.63, 3.8) is 0 Å². The van der Waals surface area contributed by atoms with Crippen molar-refractivity contribution < 1.29 is 14.5 Å². The van der Waals surface area contributed by atoms with Crippen molar-refractivity contribution in [3.05, 3.63) is 65.0 Å². The Kier molecular flexibility index (Phi) is 6.69. The molecule has 4 rings (SSSR count). The van der Waals surface area contributed by atoms with Gasteiger partial charge in [-0.15, -0.1) is 0 Å². The summed E-state index contributed by atoms with van der Waals surface area (Å²) in [5.41, 5.74) is 1.74. The van der Waals surface area contributed by atoms with Crippen molar-refractivity contribution in [1.82, 2.24) is 9.88 Å². The molecule has 2 heterocycles. The van der Waals surface area contributed by atoms with E-state index in [9.17, 15) is 14.9 Å². The first kappa shape index (κ1) is 22.5. The van der Waals surface area contributed by atoms with Crippen LogP contribution in [0.1, 0.15) is 13.8 Å². The van der Waals surface area contributed by atoms with E-state index < -0.39 is 0 Å². The molecule has 172 valence electrons. The standard InChI is InChI=1S/C24H27N5O4/c1-3-33-19-6-4-18(5-7-19)26-24(30)17(2)27-12-14-28(15-13-27)22-8-9-23(29(31)32)21-16-25-11-10-20(21)22/h4-11,16-17H,3,12-15H2,1-2H3,(H,26,30)/t17-/m0/s1. The SMILES string of the molecule is CCOc1ccc(NC(=O)[C@H](C)N2CCN(c3ccc([N+](=O)[O-])c4cnccc34)CC2)cc1. The van der Waals surface area contributed by atoms with Gasteiger partial charge >= 0.3 is 0 Å². The molecule has 1 aliphatic rings. The summed E-state index contributed by atoms with van der Waals surface area (Å²) in [5.74, 6) is 0.716. The van der Waals surface area contributed by atoms with Gasteiger partial charge in [0.1, 0.15) is 5.75 Å². The summed E-state index contributed by atoms with van der Waals surface area (Å²) >= 11 is 0. The number of nitrogens with zero attached hydrogens (tertiary/aromatic N) is 4. The molecule has 0 aliphatic carbocycles. The van der Waals surface area contributed by atoms with Crippen LogP contribution in [0.15, 0.2) is 54.9 Å². The zero-order valence-electron chi connectivity index (χ0n) is 18.7. The number of nitro groups is 1. The average molecular weight is 450 g/mol. The number of rotatable bonds is 7. The predicted molar refractivity (Wildman–Crippen MR) is 128 cm³/mol. The van der Waals surface area contributed by atoms with Gasteiger partial charge in [-0.1, -0.05) is 0 Å². The number of non-ortho nitro benzene ring substituents is 1. The number of anilines is 2. The molecule has 33 heavy (non-hydrogen) atoms. The van der Waals surface area contributed by atoms with E-state index in [1.54, 1.807) is 24.5 Å². The normalized spacial score (nSPS) is 15.3. The molecule has 2 aromatic carbocycles. The molecule has 3 aromatic rings. The molecular weight excluding hydrogens is 422 g/mol. The highest BCUT2D eigenvalue weighted by molar-refractivity contribution is 5.99. The minimum absolute atomic E-state index is 0.0556. The summed E-state index contributed by atoms with van der Waals surface area (Å²) < 4.78 is 5.44. The molecular formula is C24H27N5O4. The predicted octanol–water partition coefficient (Wildman–Crippen LogP) is 3.69. The Morgan fingerprint density at radius 3 is 2.52 bits per heavy atom. The number of fused-ring (bicyclic) bond motifs is 1. The number of carbonyl (C=O) groups excluding carboxylic acids is 1. The van der Waals surface area contributed by atoms with E-state index in [0.29, 0.717) is 25.1 Å². The van der Waals surface area contributed by atoms with Gasteiger partial charge in [0.15, 0.2) is 0 Å². The largest absolute Gasteiger partial charge is 0.494 e. The van der Waals surface area contributed by atoms with Gasteiger partial charge in [-0.2, -0.15) is 0 Å². The Balaban J connectivity index is 1.40. The molecule has 0 unspecified atom stereocenters. The number of hydrogen-bond donors (Lipinski definition) is 1. The van der Waals surface area contributed by atoms with Gasteiger partial charge < -0.3 is 15.0 Å². The topological polar surface area (TPSA) is 101 Å². The van der Waals surface area contributed by atoms with Gasteiger partial charge in [0.05, 0.1) is 23.0 Å². The Morgan fingerprint density at radius 1 is 1.12 bits per heavy atom. The van der Waals surface area contributed by atoms with Crippen LogP contribution in [0, 0.1) is 10.1 Å². The maximum Gasteiger partial charge on any atom is 0.278 e. The third-order valence-electron chi connectivity index (χ3n) is 5.98. The van der Waals surface area contributed by atoms with E-state index in [1.165, 1.54) is 0 Å². The number of nitrogens with one attached hydrogen (secondary N) is 1. The van der Waals surface area contributed by atoms with Crippen LogP contribution < -0.4 is 15.0 Å². The molecule has 1 aliphatic heterocycles. The fourth-order valence-electron chi connectivity index (χ4n) is 4.16. The van der Waals surface area contributed by atoms with Crippen LogP contribution in [-0.4, -0.2) is 59.5 Å². The lowest BCUT2D eigenvalue weighted by molar-refractivity contribution is -0.383. The van der Waals surface area contributed by atoms with Crippen molar-refractivity contribution in [3.8, 4) is 5.75 Å². The molecule has 0 radical (unpaired) electrons. The molecule has 1 saturated heterocycles. The van der Waals surface area contributed by atoms with Crippen LogP contribution in [0.25, 0.3) is 10.8 Å². The summed E-state index contributed by atoms with van der Waals surface area (Å²) in [6.07, 6.45) is 3.19. The van der Waals surface area contributed by atoms with Crippen molar-refractivity contribution >= 4 is 33.7 Å². The summed E-state index contributed by atoms with van der Waals surface area (Å²) in [5, 5.41) is 15.7. The summed E-state index contributed by atoms with van der Waals surface area (Å²) in [6.45, 7) is 7.29. The first-order chi connectivity index (χ1) is 16.0. The van der Waals surface area contributed by atoms with Gasteiger partial charge in [-0.3, -0.25) is 24.8 Å². The first-order valence-corrected chi connectivity index (χ1v) is 11.0. The van der Waals surface area contributed by atoms with Crippen molar-refractivity contribution in [2.24, 2.45) is 0 Å². The highest BCUT2D eigenvalue weighted by Gasteiger charge is 2.27. The Labute approximate surface area is 192 Å². The zero-order chi connectivity index (χ0) is 23.4. The van der Waals surface area contributed by atoms with Crippen LogP contribution in [0.3, 0.4) is 0 Å². The molecule has 9 nitrogen and oxygen atoms in total. The molecule has 0 bridgehead atoms. The quantitative estimate of drug-likeness (QED) is 0.434. The Bertz CT molecular complexity index is 1140. The van der Waals surface area contributed by atoms with Crippen LogP contribution in [0.5, 0.6) is 5.75 Å². The number of ether oxygens (including phenoxy) is 1. The van der Waals surface area contributed by atoms with Gasteiger partial charge in [0.25, 0.3) is 5.69 Å². The number of aromatic nitrogens is 1. The van der Waals surface area contributed by atoms with E-state index in [2.05, 4.69) is 20.1 Å². The van der Waals surface area contributed by atoms with E-state index in [1.807, 2.05) is 44.2 Å². The summed E-state index contributed by atoms with van der Waals surface area (Å²) in [4.78, 5) is 32.2. The number of nitro benzene ring substituents is 1. The third-order valence-corrected chi connectivity index (χ3v) is 5.98. The first-order valence-electron chi connectivity index (χ1n) is 11.0. The molecule has 1 aromatic heterocycles. The van der Waals surface area contributed by atoms with Crippen LogP contribution in [-0.2, 0) is 4.79 Å². The van der Waals surface area contributed by atoms with Crippen molar-refractivity contribution in [1.29, 1.82) is 0 Å². The molecule has 0 saturated carbocycles. The van der Waals surface area contributed by atoms with Crippen LogP contribution >= 0.6 is 0 Å². The molecule has 1 N–H and O–H groups in total. The number of carbonyl (C=O) groups is 1. The minimum Gasteiger partial charge on any atom is -0.494 e. The van der Waals surface area contributed by atoms with Crippen molar-refractivity contribution in [2.75, 3.05) is 43.0 Å². The van der Waals surface area contributed by atoms with Gasteiger partial charge in [-0.25, -0.2) is 0 Å². The highest BCUT2D eigenvalue weighted by atomic mass is 16.6. The van der Waals surface area contributed by atoms with Crippen LogP contribution in [0.2, 0.25) is 0 Å². The Hall–Kier alpha value is -3.72. The number of benzene rings is 2. The third kappa shape index (κ3) is 4.88. The molecule has 9 heteroatoms. The monoisotopic (exact) mass is 449 g/mol. The summed E-state index contributed by atoms with van der Waals surface area (Å²) in [6, 6.07) is 12.2. The summed E-state index contributed by atoms with van der Waals surface area (Å²) in [7, 11) is 0. The van der Waals surface area contributed by atoms with E-state index in [0.717, 1.165) is 35.6 Å². The van der Waals surface area contributed by atoms with Gasteiger partial charge in [0, 0.05) is 61.4 Å². The second kappa shape index (κ2) is 9.83. The lowest BCUT2D eigenvalue weighted by Gasteiger charge is -2.38. The number of piperazine rings is 1. The molecule has 0 spiro atoms. The highest BCUT2D eigenvalue weighted by Crippen LogP contribution is 2.33. The van der Waals surface area contributed by atoms with Crippen molar-refractivity contribution in [2.45, 2.75) is 19.9 Å². The minimum atomic E-state index is -0.379. The van der Waals surface area contributed by atoms with Gasteiger partial charge in [-0.05, 0) is 50.2 Å². The fraction of sp³-hybridized carbons (Fsp3) is 0.333. The molecule has 1 atom stereocenters. The lowest BCUT2D eigenvalue weighted by Crippen LogP contribution is -2.52. The van der Waals surface area contributed by atoms with Gasteiger partial charge in [0.2, 0.25) is 5.91 Å². The number of hydrogen-bond acceptors (Lipinski definition) is 7. The van der Waals surface area contributed by atoms with Crippen LogP contribution in [0.4, 0.5) is 17.1 Å². The molecule has 1 fully saturated rings. The number of pyridine rings is 1. The fourth-order valence-corrected chi connectivity index (χ4v) is 4.16. The van der Waals surface area contributed by atoms with E-state index in [4.69, 9.17) is 4.74 Å². The molecule has 1 amide bonds. The van der Waals surface area contributed by atoms with E-state index in [-0.39, 0.29) is 22.6 Å². The maximum atomic E-state index is 12.8. The zero-order valence-corrected chi connectivity index (χ0v) is 18.7. The van der Waals surface area contributed by atoms with E-state index >= 15 is 0 Å². The Morgan fingerprint density at radius 2 is 1.85 bits per heavy atom. The lowest BCUT2D eigenvalue weighted by atomic mass is 10.1.